The number of rotatable bonds is 7. The van der Waals surface area contributed by atoms with E-state index in [2.05, 4.69) is 28.7 Å². The average Bonchev–Trinajstić information content (AvgIpc) is 3.02. The molecule has 0 unspecified atom stereocenters. The lowest BCUT2D eigenvalue weighted by Crippen LogP contribution is -2.21. The van der Waals surface area contributed by atoms with Crippen LogP contribution in [0.15, 0.2) is 30.6 Å². The first-order valence-electron chi connectivity index (χ1n) is 8.18. The SMILES string of the molecule is CCOc1cc(C(=O)N(C)C)ccc1NCc1nccn1C(C)C. The highest BCUT2D eigenvalue weighted by molar-refractivity contribution is 5.95. The highest BCUT2D eigenvalue weighted by atomic mass is 16.5. The van der Waals surface area contributed by atoms with Crippen molar-refractivity contribution >= 4 is 11.6 Å². The molecule has 0 saturated carbocycles. The number of carbonyl (C=O) groups excluding carboxylic acids is 1. The van der Waals surface area contributed by atoms with E-state index in [1.165, 1.54) is 0 Å². The number of aromatic nitrogens is 2. The molecule has 1 heterocycles. The summed E-state index contributed by atoms with van der Waals surface area (Å²) >= 11 is 0. The van der Waals surface area contributed by atoms with Crippen molar-refractivity contribution in [3.63, 3.8) is 0 Å². The number of anilines is 1. The van der Waals surface area contributed by atoms with E-state index in [9.17, 15) is 4.79 Å². The lowest BCUT2D eigenvalue weighted by molar-refractivity contribution is 0.0827. The first kappa shape index (κ1) is 17.8. The smallest absolute Gasteiger partial charge is 0.253 e. The molecule has 0 aliphatic carbocycles. The topological polar surface area (TPSA) is 59.4 Å². The molecule has 0 atom stereocenters. The second kappa shape index (κ2) is 7.86. The van der Waals surface area contributed by atoms with Crippen LogP contribution in [0.25, 0.3) is 0 Å². The molecule has 0 aliphatic rings. The third-order valence-corrected chi connectivity index (χ3v) is 3.68. The molecule has 0 spiro atoms. The molecule has 1 amide bonds. The standard InChI is InChI=1S/C18H26N4O2/c1-6-24-16-11-14(18(23)21(4)5)7-8-15(16)20-12-17-19-9-10-22(17)13(2)3/h7-11,13,20H,6,12H2,1-5H3. The maximum atomic E-state index is 12.1. The Morgan fingerprint density at radius 2 is 2.12 bits per heavy atom. The van der Waals surface area contributed by atoms with Crippen LogP contribution in [0.3, 0.4) is 0 Å². The molecule has 0 saturated heterocycles. The summed E-state index contributed by atoms with van der Waals surface area (Å²) in [6.07, 6.45) is 3.78. The van der Waals surface area contributed by atoms with Crippen LogP contribution in [-0.2, 0) is 6.54 Å². The van der Waals surface area contributed by atoms with Gasteiger partial charge in [-0.15, -0.1) is 0 Å². The van der Waals surface area contributed by atoms with Gasteiger partial charge in [-0.2, -0.15) is 0 Å². The van der Waals surface area contributed by atoms with Gasteiger partial charge < -0.3 is 19.5 Å². The van der Waals surface area contributed by atoms with Gasteiger partial charge in [0.1, 0.15) is 11.6 Å². The maximum Gasteiger partial charge on any atom is 0.253 e. The molecular weight excluding hydrogens is 304 g/mol. The van der Waals surface area contributed by atoms with Crippen LogP contribution in [0.4, 0.5) is 5.69 Å². The fourth-order valence-electron chi connectivity index (χ4n) is 2.46. The number of nitrogens with one attached hydrogen (secondary N) is 1. The van der Waals surface area contributed by atoms with Crippen LogP contribution < -0.4 is 10.1 Å². The lowest BCUT2D eigenvalue weighted by atomic mass is 10.1. The number of hydrogen-bond acceptors (Lipinski definition) is 4. The third-order valence-electron chi connectivity index (χ3n) is 3.68. The van der Waals surface area contributed by atoms with Crippen LogP contribution in [0.2, 0.25) is 0 Å². The highest BCUT2D eigenvalue weighted by Crippen LogP contribution is 2.27. The Morgan fingerprint density at radius 3 is 2.75 bits per heavy atom. The van der Waals surface area contributed by atoms with Gasteiger partial charge >= 0.3 is 0 Å². The minimum absolute atomic E-state index is 0.0437. The molecule has 2 rings (SSSR count). The minimum atomic E-state index is -0.0437. The number of imidazole rings is 1. The van der Waals surface area contributed by atoms with Gasteiger partial charge in [0.25, 0.3) is 5.91 Å². The molecule has 130 valence electrons. The van der Waals surface area contributed by atoms with Crippen molar-refractivity contribution in [2.75, 3.05) is 26.0 Å². The monoisotopic (exact) mass is 330 g/mol. The van der Waals surface area contributed by atoms with Crippen LogP contribution in [-0.4, -0.2) is 41.1 Å². The summed E-state index contributed by atoms with van der Waals surface area (Å²) in [7, 11) is 3.47. The Morgan fingerprint density at radius 1 is 1.38 bits per heavy atom. The first-order valence-corrected chi connectivity index (χ1v) is 8.18. The van der Waals surface area contributed by atoms with Gasteiger partial charge in [0.05, 0.1) is 18.8 Å². The van der Waals surface area contributed by atoms with E-state index in [4.69, 9.17) is 4.74 Å². The van der Waals surface area contributed by atoms with Gasteiger partial charge in [-0.3, -0.25) is 4.79 Å². The molecule has 24 heavy (non-hydrogen) atoms. The molecule has 0 bridgehead atoms. The largest absolute Gasteiger partial charge is 0.492 e. The fraction of sp³-hybridized carbons (Fsp3) is 0.444. The summed E-state index contributed by atoms with van der Waals surface area (Å²) in [6, 6.07) is 5.83. The maximum absolute atomic E-state index is 12.1. The molecule has 6 heteroatoms. The van der Waals surface area contributed by atoms with Gasteiger partial charge in [0, 0.05) is 38.1 Å². The van der Waals surface area contributed by atoms with E-state index >= 15 is 0 Å². The van der Waals surface area contributed by atoms with Gasteiger partial charge in [-0.05, 0) is 39.0 Å². The van der Waals surface area contributed by atoms with Crippen LogP contribution in [0.5, 0.6) is 5.75 Å². The van der Waals surface area contributed by atoms with Crippen molar-refractivity contribution in [1.82, 2.24) is 14.5 Å². The predicted octanol–water partition coefficient (Wildman–Crippen LogP) is 3.18. The average molecular weight is 330 g/mol. The zero-order chi connectivity index (χ0) is 17.7. The van der Waals surface area contributed by atoms with E-state index in [1.807, 2.05) is 25.3 Å². The number of carbonyl (C=O) groups is 1. The Kier molecular flexibility index (Phi) is 5.84. The fourth-order valence-corrected chi connectivity index (χ4v) is 2.46. The van der Waals surface area contributed by atoms with Gasteiger partial charge in [0.15, 0.2) is 0 Å². The van der Waals surface area contributed by atoms with Crippen molar-refractivity contribution in [3.8, 4) is 5.75 Å². The number of benzene rings is 1. The summed E-state index contributed by atoms with van der Waals surface area (Å²) in [6.45, 7) is 7.30. The van der Waals surface area contributed by atoms with E-state index in [0.717, 1.165) is 11.5 Å². The second-order valence-electron chi connectivity index (χ2n) is 6.04. The second-order valence-corrected chi connectivity index (χ2v) is 6.04. The van der Waals surface area contributed by atoms with Crippen molar-refractivity contribution in [1.29, 1.82) is 0 Å². The van der Waals surface area contributed by atoms with Crippen molar-refractivity contribution in [2.45, 2.75) is 33.4 Å². The normalized spacial score (nSPS) is 10.8. The number of nitrogens with zero attached hydrogens (tertiary/aromatic N) is 3. The van der Waals surface area contributed by atoms with Crippen LogP contribution >= 0.6 is 0 Å². The van der Waals surface area contributed by atoms with E-state index < -0.39 is 0 Å². The molecular formula is C18H26N4O2. The van der Waals surface area contributed by atoms with Crippen LogP contribution in [0.1, 0.15) is 43.0 Å². The Bertz CT molecular complexity index is 692. The van der Waals surface area contributed by atoms with E-state index in [-0.39, 0.29) is 5.91 Å². The zero-order valence-corrected chi connectivity index (χ0v) is 15.0. The molecule has 1 aromatic heterocycles. The molecule has 0 aliphatic heterocycles. The Hall–Kier alpha value is -2.50. The third kappa shape index (κ3) is 4.07. The van der Waals surface area contributed by atoms with Gasteiger partial charge in [-0.25, -0.2) is 4.98 Å². The number of hydrogen-bond donors (Lipinski definition) is 1. The molecule has 0 radical (unpaired) electrons. The van der Waals surface area contributed by atoms with Crippen molar-refractivity contribution in [3.05, 3.63) is 42.0 Å². The molecule has 1 aromatic carbocycles. The highest BCUT2D eigenvalue weighted by Gasteiger charge is 2.13. The molecule has 6 nitrogen and oxygen atoms in total. The zero-order valence-electron chi connectivity index (χ0n) is 15.0. The Balaban J connectivity index is 2.20. The quantitative estimate of drug-likeness (QED) is 0.847. The minimum Gasteiger partial charge on any atom is -0.492 e. The molecule has 0 fully saturated rings. The van der Waals surface area contributed by atoms with Crippen molar-refractivity contribution < 1.29 is 9.53 Å². The van der Waals surface area contributed by atoms with Gasteiger partial charge in [-0.1, -0.05) is 0 Å². The molecule has 1 N–H and O–H groups in total. The lowest BCUT2D eigenvalue weighted by Gasteiger charge is -2.16. The summed E-state index contributed by atoms with van der Waals surface area (Å²) in [5.74, 6) is 1.59. The van der Waals surface area contributed by atoms with Crippen LogP contribution in [0, 0.1) is 0 Å². The summed E-state index contributed by atoms with van der Waals surface area (Å²) in [5.41, 5.74) is 1.46. The Labute approximate surface area is 143 Å². The summed E-state index contributed by atoms with van der Waals surface area (Å²) in [4.78, 5) is 18.1. The van der Waals surface area contributed by atoms with E-state index in [1.54, 1.807) is 31.3 Å². The summed E-state index contributed by atoms with van der Waals surface area (Å²) in [5, 5.41) is 3.36. The van der Waals surface area contributed by atoms with E-state index in [0.29, 0.717) is 30.5 Å². The predicted molar refractivity (Wildman–Crippen MR) is 95.6 cm³/mol. The van der Waals surface area contributed by atoms with Gasteiger partial charge in [0.2, 0.25) is 0 Å². The first-order chi connectivity index (χ1) is 11.4. The number of ether oxygens (including phenoxy) is 1. The number of amides is 1. The summed E-state index contributed by atoms with van der Waals surface area (Å²) < 4.78 is 7.82. The molecule has 2 aromatic rings. The van der Waals surface area contributed by atoms with Crippen molar-refractivity contribution in [2.24, 2.45) is 0 Å².